The van der Waals surface area contributed by atoms with Crippen molar-refractivity contribution >= 4 is 29.0 Å². The van der Waals surface area contributed by atoms with Crippen LogP contribution in [0.25, 0.3) is 5.69 Å². The Kier molecular flexibility index (Phi) is 3.69. The van der Waals surface area contributed by atoms with Gasteiger partial charge in [-0.15, -0.1) is 0 Å². The third-order valence-corrected chi connectivity index (χ3v) is 4.53. The summed E-state index contributed by atoms with van der Waals surface area (Å²) in [6, 6.07) is 11.6. The van der Waals surface area contributed by atoms with Crippen LogP contribution in [-0.4, -0.2) is 22.2 Å². The molecule has 0 saturated carbocycles. The minimum atomic E-state index is -0.461. The molecule has 3 aromatic rings. The molecule has 0 aliphatic carbocycles. The number of carbonyl (C=O) groups is 1. The number of rotatable bonds is 2. The molecule has 0 atom stereocenters. The van der Waals surface area contributed by atoms with Crippen LogP contribution in [-0.2, 0) is 6.42 Å². The number of nitrogens with two attached hydrogens (primary N) is 1. The van der Waals surface area contributed by atoms with Crippen molar-refractivity contribution in [2.45, 2.75) is 6.42 Å². The first-order valence-electron chi connectivity index (χ1n) is 7.75. The van der Waals surface area contributed by atoms with Crippen molar-refractivity contribution in [1.29, 1.82) is 0 Å². The largest absolute Gasteiger partial charge is 0.383 e. The van der Waals surface area contributed by atoms with E-state index in [1.54, 1.807) is 29.2 Å². The summed E-state index contributed by atoms with van der Waals surface area (Å²) in [6.45, 7) is 0.541. The van der Waals surface area contributed by atoms with Crippen LogP contribution in [0.5, 0.6) is 0 Å². The van der Waals surface area contributed by atoms with Gasteiger partial charge in [-0.1, -0.05) is 23.7 Å². The second-order valence-corrected chi connectivity index (χ2v) is 6.22. The van der Waals surface area contributed by atoms with Crippen LogP contribution in [0.1, 0.15) is 15.9 Å². The molecular weight excluding hydrogens is 343 g/mol. The molecule has 0 spiro atoms. The Morgan fingerprint density at radius 3 is 2.80 bits per heavy atom. The van der Waals surface area contributed by atoms with E-state index in [0.29, 0.717) is 11.6 Å². The number of fused-ring (bicyclic) bond motifs is 1. The van der Waals surface area contributed by atoms with Gasteiger partial charge in [0, 0.05) is 17.3 Å². The number of aromatic nitrogens is 2. The van der Waals surface area contributed by atoms with Crippen LogP contribution >= 0.6 is 11.6 Å². The Labute approximate surface area is 148 Å². The number of anilines is 2. The van der Waals surface area contributed by atoms with Gasteiger partial charge >= 0.3 is 0 Å². The van der Waals surface area contributed by atoms with Gasteiger partial charge in [-0.05, 0) is 42.3 Å². The number of benzene rings is 2. The van der Waals surface area contributed by atoms with E-state index in [4.69, 9.17) is 17.3 Å². The Hall–Kier alpha value is -2.86. The van der Waals surface area contributed by atoms with Gasteiger partial charge in [0.1, 0.15) is 22.9 Å². The average molecular weight is 357 g/mol. The van der Waals surface area contributed by atoms with Crippen molar-refractivity contribution in [1.82, 2.24) is 9.78 Å². The smallest absolute Gasteiger partial charge is 0.263 e. The monoisotopic (exact) mass is 356 g/mol. The number of carbonyl (C=O) groups excluding carboxylic acids is 1. The van der Waals surface area contributed by atoms with Crippen LogP contribution < -0.4 is 10.6 Å². The van der Waals surface area contributed by atoms with E-state index in [1.165, 1.54) is 16.9 Å². The lowest BCUT2D eigenvalue weighted by atomic mass is 10.2. The van der Waals surface area contributed by atoms with E-state index in [-0.39, 0.29) is 23.0 Å². The second-order valence-electron chi connectivity index (χ2n) is 5.79. The first-order valence-corrected chi connectivity index (χ1v) is 8.13. The SMILES string of the molecule is Nc1c(C(=O)N2CCc3cc(Cl)ccc32)cnn1-c1ccccc1F. The van der Waals surface area contributed by atoms with Gasteiger partial charge in [0.05, 0.1) is 6.20 Å². The van der Waals surface area contributed by atoms with Crippen molar-refractivity contribution in [3.05, 3.63) is 70.6 Å². The quantitative estimate of drug-likeness (QED) is 0.765. The maximum absolute atomic E-state index is 14.0. The Bertz CT molecular complexity index is 985. The molecule has 0 radical (unpaired) electrons. The van der Waals surface area contributed by atoms with Gasteiger partial charge in [-0.2, -0.15) is 5.10 Å². The minimum absolute atomic E-state index is 0.109. The van der Waals surface area contributed by atoms with Gasteiger partial charge in [0.25, 0.3) is 5.91 Å². The third-order valence-electron chi connectivity index (χ3n) is 4.30. The minimum Gasteiger partial charge on any atom is -0.383 e. The van der Waals surface area contributed by atoms with E-state index in [9.17, 15) is 9.18 Å². The van der Waals surface area contributed by atoms with Crippen LogP contribution in [0.15, 0.2) is 48.7 Å². The average Bonchev–Trinajstić information content (AvgIpc) is 3.18. The van der Waals surface area contributed by atoms with Crippen molar-refractivity contribution in [2.24, 2.45) is 0 Å². The van der Waals surface area contributed by atoms with Gasteiger partial charge < -0.3 is 10.6 Å². The van der Waals surface area contributed by atoms with E-state index in [2.05, 4.69) is 5.10 Å². The predicted octanol–water partition coefficient (Wildman–Crippen LogP) is 3.45. The maximum atomic E-state index is 14.0. The van der Waals surface area contributed by atoms with Crippen LogP contribution in [0.2, 0.25) is 5.02 Å². The fourth-order valence-electron chi connectivity index (χ4n) is 3.06. The molecule has 1 aliphatic heterocycles. The zero-order chi connectivity index (χ0) is 17.6. The predicted molar refractivity (Wildman–Crippen MR) is 94.8 cm³/mol. The molecule has 0 saturated heterocycles. The van der Waals surface area contributed by atoms with Gasteiger partial charge in [0.15, 0.2) is 0 Å². The standard InChI is InChI=1S/C18H14ClFN4O/c19-12-5-6-15-11(9-12)7-8-23(15)18(25)13-10-22-24(17(13)21)16-4-2-1-3-14(16)20/h1-6,9-10H,7-8,21H2. The number of hydrogen-bond acceptors (Lipinski definition) is 3. The summed E-state index contributed by atoms with van der Waals surface area (Å²) >= 11 is 6.01. The number of hydrogen-bond donors (Lipinski definition) is 1. The molecule has 2 heterocycles. The van der Waals surface area contributed by atoms with Crippen molar-refractivity contribution in [3.8, 4) is 5.69 Å². The number of amides is 1. The van der Waals surface area contributed by atoms with Gasteiger partial charge in [0.2, 0.25) is 0 Å². The molecular formula is C18H14ClFN4O. The van der Waals surface area contributed by atoms with Crippen molar-refractivity contribution in [3.63, 3.8) is 0 Å². The topological polar surface area (TPSA) is 64.2 Å². The van der Waals surface area contributed by atoms with E-state index >= 15 is 0 Å². The van der Waals surface area contributed by atoms with Gasteiger partial charge in [-0.25, -0.2) is 9.07 Å². The number of halogens is 2. The van der Waals surface area contributed by atoms with Crippen molar-refractivity contribution in [2.75, 3.05) is 17.2 Å². The highest BCUT2D eigenvalue weighted by Gasteiger charge is 2.28. The molecule has 0 unspecified atom stereocenters. The molecule has 0 bridgehead atoms. The fourth-order valence-corrected chi connectivity index (χ4v) is 3.26. The Morgan fingerprint density at radius 2 is 2.00 bits per heavy atom. The van der Waals surface area contributed by atoms with E-state index in [1.807, 2.05) is 12.1 Å². The molecule has 126 valence electrons. The first-order chi connectivity index (χ1) is 12.1. The summed E-state index contributed by atoms with van der Waals surface area (Å²) in [7, 11) is 0. The molecule has 1 aliphatic rings. The number of para-hydroxylation sites is 1. The fraction of sp³-hybridized carbons (Fsp3) is 0.111. The highest BCUT2D eigenvalue weighted by molar-refractivity contribution is 6.30. The normalized spacial score (nSPS) is 13.1. The maximum Gasteiger partial charge on any atom is 0.263 e. The molecule has 0 fully saturated rings. The second kappa shape index (κ2) is 5.89. The van der Waals surface area contributed by atoms with E-state index < -0.39 is 5.82 Å². The van der Waals surface area contributed by atoms with Crippen LogP contribution in [0, 0.1) is 5.82 Å². The lowest BCUT2D eigenvalue weighted by Gasteiger charge is -2.17. The van der Waals surface area contributed by atoms with Gasteiger partial charge in [-0.3, -0.25) is 4.79 Å². The number of nitrogens with zero attached hydrogens (tertiary/aromatic N) is 3. The first kappa shape index (κ1) is 15.7. The zero-order valence-electron chi connectivity index (χ0n) is 13.1. The summed E-state index contributed by atoms with van der Waals surface area (Å²) in [6.07, 6.45) is 2.10. The lowest BCUT2D eigenvalue weighted by molar-refractivity contribution is 0.0990. The Morgan fingerprint density at radius 1 is 1.20 bits per heavy atom. The molecule has 4 rings (SSSR count). The summed E-state index contributed by atoms with van der Waals surface area (Å²) in [5.41, 5.74) is 8.35. The highest BCUT2D eigenvalue weighted by atomic mass is 35.5. The molecule has 5 nitrogen and oxygen atoms in total. The molecule has 7 heteroatoms. The summed E-state index contributed by atoms with van der Waals surface area (Å²) in [5.74, 6) is -0.615. The summed E-state index contributed by atoms with van der Waals surface area (Å²) < 4.78 is 15.2. The third kappa shape index (κ3) is 2.55. The summed E-state index contributed by atoms with van der Waals surface area (Å²) in [5, 5.41) is 4.73. The van der Waals surface area contributed by atoms with Crippen LogP contribution in [0.3, 0.4) is 0 Å². The zero-order valence-corrected chi connectivity index (χ0v) is 13.9. The molecule has 2 aromatic carbocycles. The molecule has 1 amide bonds. The molecule has 2 N–H and O–H groups in total. The van der Waals surface area contributed by atoms with Crippen molar-refractivity contribution < 1.29 is 9.18 Å². The molecule has 25 heavy (non-hydrogen) atoms. The van der Waals surface area contributed by atoms with Crippen LogP contribution in [0.4, 0.5) is 15.9 Å². The lowest BCUT2D eigenvalue weighted by Crippen LogP contribution is -2.29. The molecule has 1 aromatic heterocycles. The highest BCUT2D eigenvalue weighted by Crippen LogP contribution is 2.32. The van der Waals surface area contributed by atoms with E-state index in [0.717, 1.165) is 17.7 Å². The Balaban J connectivity index is 1.71. The number of nitrogen functional groups attached to an aromatic ring is 1. The summed E-state index contributed by atoms with van der Waals surface area (Å²) in [4.78, 5) is 14.6.